The Morgan fingerprint density at radius 2 is 1.93 bits per heavy atom. The van der Waals surface area contributed by atoms with Crippen LogP contribution in [0.5, 0.6) is 0 Å². The van der Waals surface area contributed by atoms with E-state index in [9.17, 15) is 19.3 Å². The monoisotopic (exact) mass is 394 g/mol. The summed E-state index contributed by atoms with van der Waals surface area (Å²) < 4.78 is 13.7. The number of carbonyl (C=O) groups excluding carboxylic acids is 1. The molecule has 0 aliphatic carbocycles. The number of halogens is 2. The third-order valence-electron chi connectivity index (χ3n) is 4.81. The second-order valence-corrected chi connectivity index (χ2v) is 6.37. The van der Waals surface area contributed by atoms with E-state index >= 15 is 0 Å². The molecule has 0 saturated carbocycles. The van der Waals surface area contributed by atoms with Gasteiger partial charge in [-0.25, -0.2) is 4.39 Å². The summed E-state index contributed by atoms with van der Waals surface area (Å²) in [6, 6.07) is 11.4. The molecule has 0 unspecified atom stereocenters. The molecule has 1 aliphatic rings. The molecular formula is C18H20ClFN4O3. The van der Waals surface area contributed by atoms with Gasteiger partial charge in [-0.15, -0.1) is 12.4 Å². The van der Waals surface area contributed by atoms with Crippen molar-refractivity contribution >= 4 is 29.7 Å². The van der Waals surface area contributed by atoms with Gasteiger partial charge in [0.25, 0.3) is 11.6 Å². The summed E-state index contributed by atoms with van der Waals surface area (Å²) in [5.41, 5.74) is 11.6. The third kappa shape index (κ3) is 4.01. The van der Waals surface area contributed by atoms with E-state index < -0.39 is 22.3 Å². The number of carbonyl (C=O) groups is 1. The van der Waals surface area contributed by atoms with E-state index in [0.717, 1.165) is 11.6 Å². The van der Waals surface area contributed by atoms with E-state index in [-0.39, 0.29) is 35.5 Å². The fourth-order valence-electron chi connectivity index (χ4n) is 3.46. The molecule has 2 aromatic carbocycles. The van der Waals surface area contributed by atoms with E-state index in [1.54, 1.807) is 0 Å². The first-order valence-corrected chi connectivity index (χ1v) is 8.20. The summed E-state index contributed by atoms with van der Waals surface area (Å²) in [4.78, 5) is 24.6. The van der Waals surface area contributed by atoms with Gasteiger partial charge >= 0.3 is 0 Å². The quantitative estimate of drug-likeness (QED) is 0.469. The van der Waals surface area contributed by atoms with Crippen LogP contribution in [0.4, 0.5) is 15.8 Å². The molecule has 1 aliphatic heterocycles. The van der Waals surface area contributed by atoms with Gasteiger partial charge in [0.1, 0.15) is 11.5 Å². The predicted octanol–water partition coefficient (Wildman–Crippen LogP) is 2.55. The Morgan fingerprint density at radius 1 is 1.26 bits per heavy atom. The molecule has 1 fully saturated rings. The van der Waals surface area contributed by atoms with E-state index in [0.29, 0.717) is 25.7 Å². The van der Waals surface area contributed by atoms with Gasteiger partial charge in [-0.3, -0.25) is 14.9 Å². The summed E-state index contributed by atoms with van der Waals surface area (Å²) in [6.45, 7) is 1.18. The zero-order valence-corrected chi connectivity index (χ0v) is 15.2. The Kier molecular flexibility index (Phi) is 6.35. The second-order valence-electron chi connectivity index (χ2n) is 6.37. The number of hydrogen-bond acceptors (Lipinski definition) is 5. The molecule has 144 valence electrons. The molecule has 0 bridgehead atoms. The van der Waals surface area contributed by atoms with Crippen LogP contribution in [0.3, 0.4) is 0 Å². The smallest absolute Gasteiger partial charge is 0.295 e. The first kappa shape index (κ1) is 20.6. The van der Waals surface area contributed by atoms with Gasteiger partial charge in [0.15, 0.2) is 0 Å². The number of nitrogens with two attached hydrogens (primary N) is 2. The van der Waals surface area contributed by atoms with Crippen LogP contribution in [0, 0.1) is 21.8 Å². The number of amides is 1. The average molecular weight is 395 g/mol. The molecule has 4 N–H and O–H groups in total. The molecule has 1 amide bonds. The Hall–Kier alpha value is -2.71. The van der Waals surface area contributed by atoms with Crippen molar-refractivity contribution in [3.8, 4) is 0 Å². The van der Waals surface area contributed by atoms with E-state index in [4.69, 9.17) is 11.5 Å². The number of rotatable bonds is 4. The van der Waals surface area contributed by atoms with Gasteiger partial charge in [0.05, 0.1) is 16.6 Å². The minimum Gasteiger partial charge on any atom is -0.393 e. The number of nitrogens with zero attached hydrogens (tertiary/aromatic N) is 2. The molecule has 9 heteroatoms. The summed E-state index contributed by atoms with van der Waals surface area (Å²) in [7, 11) is 0. The maximum atomic E-state index is 13.7. The van der Waals surface area contributed by atoms with Gasteiger partial charge in [-0.1, -0.05) is 30.3 Å². The van der Waals surface area contributed by atoms with Crippen molar-refractivity contribution in [2.75, 3.05) is 25.4 Å². The number of nitrogen functional groups attached to an aromatic ring is 1. The van der Waals surface area contributed by atoms with Crippen LogP contribution in [0.25, 0.3) is 0 Å². The highest BCUT2D eigenvalue weighted by Crippen LogP contribution is 2.34. The Labute approximate surface area is 161 Å². The molecule has 2 aromatic rings. The van der Waals surface area contributed by atoms with E-state index in [1.165, 1.54) is 4.90 Å². The number of anilines is 1. The maximum Gasteiger partial charge on any atom is 0.295 e. The molecule has 0 aromatic heterocycles. The first-order chi connectivity index (χ1) is 12.4. The maximum absolute atomic E-state index is 13.7. The summed E-state index contributed by atoms with van der Waals surface area (Å²) in [5.74, 6) is -1.30. The minimum absolute atomic E-state index is 0. The first-order valence-electron chi connectivity index (χ1n) is 8.20. The summed E-state index contributed by atoms with van der Waals surface area (Å²) >= 11 is 0. The molecule has 3 rings (SSSR count). The molecule has 0 spiro atoms. The largest absolute Gasteiger partial charge is 0.393 e. The molecule has 1 heterocycles. The Bertz CT molecular complexity index is 850. The summed E-state index contributed by atoms with van der Waals surface area (Å²) in [6.07, 6.45) is 0. The van der Waals surface area contributed by atoms with Crippen LogP contribution >= 0.6 is 12.4 Å². The van der Waals surface area contributed by atoms with Crippen molar-refractivity contribution < 1.29 is 14.1 Å². The van der Waals surface area contributed by atoms with Gasteiger partial charge < -0.3 is 16.4 Å². The zero-order valence-electron chi connectivity index (χ0n) is 14.4. The van der Waals surface area contributed by atoms with Crippen LogP contribution in [-0.2, 0) is 0 Å². The predicted molar refractivity (Wildman–Crippen MR) is 102 cm³/mol. The van der Waals surface area contributed by atoms with Crippen LogP contribution in [0.2, 0.25) is 0 Å². The SMILES string of the molecule is Cl.NC[C@@H]1CN(C(=O)c2cc(F)cc([N+](=O)[O-])c2N)C[C@H]1c1ccccc1. The molecule has 27 heavy (non-hydrogen) atoms. The fraction of sp³-hybridized carbons (Fsp3) is 0.278. The lowest BCUT2D eigenvalue weighted by Crippen LogP contribution is -2.30. The van der Waals surface area contributed by atoms with Gasteiger partial charge in [-0.2, -0.15) is 0 Å². The van der Waals surface area contributed by atoms with Crippen LogP contribution < -0.4 is 11.5 Å². The zero-order chi connectivity index (χ0) is 18.8. The van der Waals surface area contributed by atoms with E-state index in [1.807, 2.05) is 30.3 Å². The Balaban J connectivity index is 0.00000261. The van der Waals surface area contributed by atoms with Crippen molar-refractivity contribution in [2.24, 2.45) is 11.7 Å². The van der Waals surface area contributed by atoms with Gasteiger partial charge in [0, 0.05) is 19.0 Å². The lowest BCUT2D eigenvalue weighted by Gasteiger charge is -2.18. The van der Waals surface area contributed by atoms with Crippen molar-refractivity contribution in [3.05, 3.63) is 69.5 Å². The normalized spacial score (nSPS) is 18.8. The Morgan fingerprint density at radius 3 is 2.52 bits per heavy atom. The van der Waals surface area contributed by atoms with E-state index in [2.05, 4.69) is 0 Å². The minimum atomic E-state index is -0.872. The molecule has 0 radical (unpaired) electrons. The lowest BCUT2D eigenvalue weighted by atomic mass is 9.89. The van der Waals surface area contributed by atoms with Gasteiger partial charge in [-0.05, 0) is 24.1 Å². The summed E-state index contributed by atoms with van der Waals surface area (Å²) in [5, 5.41) is 11.0. The standard InChI is InChI=1S/C18H19FN4O3.ClH/c19-13-6-14(17(21)16(7-13)23(25)26)18(24)22-9-12(8-20)15(10-22)11-4-2-1-3-5-11;/h1-7,12,15H,8-10,20-21H2;1H/t12-,15+;/m1./s1. The molecule has 2 atom stereocenters. The molecular weight excluding hydrogens is 375 g/mol. The number of nitro groups is 1. The topological polar surface area (TPSA) is 115 Å². The third-order valence-corrected chi connectivity index (χ3v) is 4.81. The van der Waals surface area contributed by atoms with Crippen molar-refractivity contribution in [1.29, 1.82) is 0 Å². The molecule has 7 nitrogen and oxygen atoms in total. The number of likely N-dealkylation sites (tertiary alicyclic amines) is 1. The fourth-order valence-corrected chi connectivity index (χ4v) is 3.46. The van der Waals surface area contributed by atoms with Crippen LogP contribution in [0.1, 0.15) is 21.8 Å². The average Bonchev–Trinajstić information content (AvgIpc) is 3.07. The number of nitro benzene ring substituents is 1. The highest BCUT2D eigenvalue weighted by atomic mass is 35.5. The van der Waals surface area contributed by atoms with Crippen molar-refractivity contribution in [2.45, 2.75) is 5.92 Å². The lowest BCUT2D eigenvalue weighted by molar-refractivity contribution is -0.384. The van der Waals surface area contributed by atoms with Gasteiger partial charge in [0.2, 0.25) is 0 Å². The highest BCUT2D eigenvalue weighted by Gasteiger charge is 2.37. The number of hydrogen-bond donors (Lipinski definition) is 2. The van der Waals surface area contributed by atoms with Crippen molar-refractivity contribution in [1.82, 2.24) is 4.90 Å². The second kappa shape index (κ2) is 8.32. The van der Waals surface area contributed by atoms with Crippen LogP contribution in [-0.4, -0.2) is 35.4 Å². The molecule has 1 saturated heterocycles. The van der Waals surface area contributed by atoms with Crippen LogP contribution in [0.15, 0.2) is 42.5 Å². The number of benzene rings is 2. The highest BCUT2D eigenvalue weighted by molar-refractivity contribution is 6.01. The van der Waals surface area contributed by atoms with Crippen molar-refractivity contribution in [3.63, 3.8) is 0 Å².